The van der Waals surface area contributed by atoms with Gasteiger partial charge >= 0.3 is 0 Å². The van der Waals surface area contributed by atoms with Gasteiger partial charge in [-0.3, -0.25) is 18.7 Å². The Morgan fingerprint density at radius 2 is 1.83 bits per heavy atom. The van der Waals surface area contributed by atoms with Gasteiger partial charge in [0.1, 0.15) is 6.04 Å². The Balaban J connectivity index is 1.40. The minimum atomic E-state index is -3.27. The molecule has 1 atom stereocenters. The molecule has 2 aromatic carbocycles. The smallest absolute Gasteiger partial charge is 0.254 e. The molecule has 0 spiro atoms. The summed E-state index contributed by atoms with van der Waals surface area (Å²) in [6, 6.07) is 12.0. The summed E-state index contributed by atoms with van der Waals surface area (Å²) >= 11 is 0. The van der Waals surface area contributed by atoms with Crippen molar-refractivity contribution in [2.24, 2.45) is 0 Å². The second-order valence-corrected chi connectivity index (χ2v) is 9.11. The zero-order valence-electron chi connectivity index (χ0n) is 15.9. The molecule has 0 saturated carbocycles. The predicted molar refractivity (Wildman–Crippen MR) is 112 cm³/mol. The molecule has 10 heteroatoms. The highest BCUT2D eigenvalue weighted by molar-refractivity contribution is 7.93. The van der Waals surface area contributed by atoms with E-state index in [1.54, 1.807) is 48.5 Å². The largest absolute Gasteiger partial charge is 0.340 e. The fourth-order valence-corrected chi connectivity index (χ4v) is 5.06. The van der Waals surface area contributed by atoms with Gasteiger partial charge < -0.3 is 16.0 Å². The highest BCUT2D eigenvalue weighted by Crippen LogP contribution is 2.25. The molecule has 3 amide bonds. The predicted octanol–water partition coefficient (Wildman–Crippen LogP) is 1.31. The Morgan fingerprint density at radius 1 is 1.10 bits per heavy atom. The van der Waals surface area contributed by atoms with E-state index < -0.39 is 33.8 Å². The molecule has 9 nitrogen and oxygen atoms in total. The van der Waals surface area contributed by atoms with Crippen molar-refractivity contribution in [1.29, 1.82) is 0 Å². The van der Waals surface area contributed by atoms with Gasteiger partial charge in [0.2, 0.25) is 21.8 Å². The summed E-state index contributed by atoms with van der Waals surface area (Å²) in [5.41, 5.74) is 1.74. The molecule has 2 aliphatic heterocycles. The highest BCUT2D eigenvalue weighted by Gasteiger charge is 2.30. The lowest BCUT2D eigenvalue weighted by atomic mass is 10.1. The van der Waals surface area contributed by atoms with Gasteiger partial charge in [-0.2, -0.15) is 0 Å². The SMILES string of the molecule is O=C(CC1NC(=O)c2ccccc2NC1=O)Nc1ccc(N2CCCS2(=O)=O)cc1. The van der Waals surface area contributed by atoms with Crippen LogP contribution in [0.4, 0.5) is 17.1 Å². The van der Waals surface area contributed by atoms with Gasteiger partial charge in [0.25, 0.3) is 5.91 Å². The molecule has 2 heterocycles. The molecule has 30 heavy (non-hydrogen) atoms. The maximum Gasteiger partial charge on any atom is 0.254 e. The van der Waals surface area contributed by atoms with E-state index in [1.165, 1.54) is 4.31 Å². The number of carbonyl (C=O) groups excluding carboxylic acids is 3. The van der Waals surface area contributed by atoms with Crippen LogP contribution >= 0.6 is 0 Å². The third-order valence-electron chi connectivity index (χ3n) is 4.98. The summed E-state index contributed by atoms with van der Waals surface area (Å²) in [5, 5.41) is 7.89. The van der Waals surface area contributed by atoms with E-state index in [0.29, 0.717) is 35.6 Å². The van der Waals surface area contributed by atoms with Gasteiger partial charge in [0, 0.05) is 12.2 Å². The normalized spacial score (nSPS) is 20.0. The fraction of sp³-hybridized carbons (Fsp3) is 0.250. The maximum absolute atomic E-state index is 12.4. The molecule has 3 N–H and O–H groups in total. The summed E-state index contributed by atoms with van der Waals surface area (Å²) in [4.78, 5) is 37.1. The van der Waals surface area contributed by atoms with Crippen molar-refractivity contribution in [1.82, 2.24) is 5.32 Å². The number of hydrogen-bond donors (Lipinski definition) is 3. The van der Waals surface area contributed by atoms with Crippen LogP contribution in [0.25, 0.3) is 0 Å². The number of nitrogens with zero attached hydrogens (tertiary/aromatic N) is 1. The van der Waals surface area contributed by atoms with Gasteiger partial charge in [-0.05, 0) is 42.8 Å². The third kappa shape index (κ3) is 3.99. The molecule has 0 radical (unpaired) electrons. The van der Waals surface area contributed by atoms with E-state index in [0.717, 1.165) is 0 Å². The molecule has 0 aromatic heterocycles. The first-order valence-electron chi connectivity index (χ1n) is 9.44. The molecular weight excluding hydrogens is 408 g/mol. The Kier molecular flexibility index (Phi) is 5.17. The van der Waals surface area contributed by atoms with Crippen molar-refractivity contribution in [3.63, 3.8) is 0 Å². The molecular formula is C20H20N4O5S. The molecule has 0 bridgehead atoms. The quantitative estimate of drug-likeness (QED) is 0.677. The molecule has 2 aliphatic rings. The van der Waals surface area contributed by atoms with Crippen molar-refractivity contribution in [3.8, 4) is 0 Å². The average Bonchev–Trinajstić information content (AvgIpc) is 3.01. The lowest BCUT2D eigenvalue weighted by Crippen LogP contribution is -2.43. The lowest BCUT2D eigenvalue weighted by Gasteiger charge is -2.17. The van der Waals surface area contributed by atoms with E-state index in [9.17, 15) is 22.8 Å². The van der Waals surface area contributed by atoms with Crippen molar-refractivity contribution in [2.45, 2.75) is 18.9 Å². The summed E-state index contributed by atoms with van der Waals surface area (Å²) < 4.78 is 25.3. The first-order chi connectivity index (χ1) is 14.3. The van der Waals surface area contributed by atoms with E-state index in [1.807, 2.05) is 0 Å². The number of sulfonamides is 1. The van der Waals surface area contributed by atoms with Crippen LogP contribution < -0.4 is 20.3 Å². The van der Waals surface area contributed by atoms with E-state index in [2.05, 4.69) is 16.0 Å². The van der Waals surface area contributed by atoms with Crippen LogP contribution in [0.5, 0.6) is 0 Å². The summed E-state index contributed by atoms with van der Waals surface area (Å²) in [6.45, 7) is 0.437. The van der Waals surface area contributed by atoms with E-state index in [-0.39, 0.29) is 12.2 Å². The lowest BCUT2D eigenvalue weighted by molar-refractivity contribution is -0.122. The Labute approximate surface area is 173 Å². The first kappa shape index (κ1) is 19.9. The second kappa shape index (κ2) is 7.79. The Bertz CT molecular complexity index is 1110. The van der Waals surface area contributed by atoms with Crippen LogP contribution in [-0.2, 0) is 19.6 Å². The number of fused-ring (bicyclic) bond motifs is 1. The zero-order chi connectivity index (χ0) is 21.3. The monoisotopic (exact) mass is 428 g/mol. The molecule has 1 saturated heterocycles. The van der Waals surface area contributed by atoms with Crippen LogP contribution in [0, 0.1) is 0 Å². The van der Waals surface area contributed by atoms with Crippen molar-refractivity contribution in [3.05, 3.63) is 54.1 Å². The van der Waals surface area contributed by atoms with Gasteiger partial charge in [-0.25, -0.2) is 8.42 Å². The molecule has 156 valence electrons. The van der Waals surface area contributed by atoms with Crippen LogP contribution in [0.1, 0.15) is 23.2 Å². The van der Waals surface area contributed by atoms with Crippen LogP contribution in [0.2, 0.25) is 0 Å². The van der Waals surface area contributed by atoms with Crippen molar-refractivity contribution in [2.75, 3.05) is 27.2 Å². The number of carbonyl (C=O) groups is 3. The fourth-order valence-electron chi connectivity index (χ4n) is 3.49. The minimum absolute atomic E-state index is 0.129. The van der Waals surface area contributed by atoms with Gasteiger partial charge in [0.15, 0.2) is 0 Å². The van der Waals surface area contributed by atoms with Gasteiger partial charge in [-0.1, -0.05) is 12.1 Å². The Morgan fingerprint density at radius 3 is 2.53 bits per heavy atom. The van der Waals surface area contributed by atoms with Crippen LogP contribution in [0.3, 0.4) is 0 Å². The molecule has 2 aromatic rings. The van der Waals surface area contributed by atoms with Crippen molar-refractivity contribution >= 4 is 44.8 Å². The number of para-hydroxylation sites is 1. The van der Waals surface area contributed by atoms with Crippen molar-refractivity contribution < 1.29 is 22.8 Å². The molecule has 4 rings (SSSR count). The minimum Gasteiger partial charge on any atom is -0.340 e. The second-order valence-electron chi connectivity index (χ2n) is 7.10. The van der Waals surface area contributed by atoms with E-state index in [4.69, 9.17) is 0 Å². The molecule has 1 fully saturated rings. The summed E-state index contributed by atoms with van der Waals surface area (Å²) in [5.74, 6) is -1.23. The maximum atomic E-state index is 12.4. The number of anilines is 3. The molecule has 1 unspecified atom stereocenters. The number of rotatable bonds is 4. The van der Waals surface area contributed by atoms with Gasteiger partial charge in [0.05, 0.1) is 29.1 Å². The number of amides is 3. The van der Waals surface area contributed by atoms with E-state index >= 15 is 0 Å². The first-order valence-corrected chi connectivity index (χ1v) is 11.1. The molecule has 0 aliphatic carbocycles. The summed E-state index contributed by atoms with van der Waals surface area (Å²) in [7, 11) is -3.27. The zero-order valence-corrected chi connectivity index (χ0v) is 16.7. The summed E-state index contributed by atoms with van der Waals surface area (Å²) in [6.07, 6.45) is 0.341. The highest BCUT2D eigenvalue weighted by atomic mass is 32.2. The number of nitrogens with one attached hydrogen (secondary N) is 3. The number of hydrogen-bond acceptors (Lipinski definition) is 5. The van der Waals surface area contributed by atoms with Gasteiger partial charge in [-0.15, -0.1) is 0 Å². The number of benzene rings is 2. The average molecular weight is 428 g/mol. The Hall–Kier alpha value is -3.40. The topological polar surface area (TPSA) is 125 Å². The third-order valence-corrected chi connectivity index (χ3v) is 6.85. The van der Waals surface area contributed by atoms with Crippen LogP contribution in [-0.4, -0.2) is 44.5 Å². The van der Waals surface area contributed by atoms with Crippen LogP contribution in [0.15, 0.2) is 48.5 Å². The standard InChI is InChI=1S/C20H20N4O5S/c25-18(12-17-20(27)22-16-5-2-1-4-15(16)19(26)23-17)21-13-6-8-14(9-7-13)24-10-3-11-30(24,28)29/h1-2,4-9,17H,3,10-12H2,(H,21,25)(H,22,27)(H,23,26).